The van der Waals surface area contributed by atoms with Crippen LogP contribution in [-0.2, 0) is 16.1 Å². The number of hydrogen-bond acceptors (Lipinski definition) is 3. The van der Waals surface area contributed by atoms with Crippen molar-refractivity contribution < 1.29 is 18.7 Å². The van der Waals surface area contributed by atoms with Crippen molar-refractivity contribution in [2.24, 2.45) is 0 Å². The highest BCUT2D eigenvalue weighted by molar-refractivity contribution is 5.82. The molecule has 0 radical (unpaired) electrons. The molecule has 0 unspecified atom stereocenters. The zero-order valence-electron chi connectivity index (χ0n) is 14.1. The van der Waals surface area contributed by atoms with Crippen LogP contribution in [0.15, 0.2) is 48.5 Å². The summed E-state index contributed by atoms with van der Waals surface area (Å²) in [6.45, 7) is 2.28. The number of Topliss-reactive ketones (excluding diaryl/α,β-unsaturated/α-hetero) is 1. The topological polar surface area (TPSA) is 46.6 Å². The van der Waals surface area contributed by atoms with Gasteiger partial charge in [-0.05, 0) is 35.7 Å². The fraction of sp³-hybridized carbons (Fsp3) is 0.300. The summed E-state index contributed by atoms with van der Waals surface area (Å²) in [5, 5.41) is 0. The van der Waals surface area contributed by atoms with Gasteiger partial charge in [-0.3, -0.25) is 4.79 Å². The SMILES string of the molecule is Cc1cc(F)ccc1[C@@H]1CC(=O)CCN1C(=O)OCc1ccccc1. The summed E-state index contributed by atoms with van der Waals surface area (Å²) in [5.41, 5.74) is 2.41. The zero-order chi connectivity index (χ0) is 17.8. The van der Waals surface area contributed by atoms with Gasteiger partial charge in [-0.15, -0.1) is 0 Å². The molecule has 2 aromatic rings. The van der Waals surface area contributed by atoms with Gasteiger partial charge >= 0.3 is 6.09 Å². The largest absolute Gasteiger partial charge is 0.445 e. The fourth-order valence-electron chi connectivity index (χ4n) is 3.14. The van der Waals surface area contributed by atoms with Crippen molar-refractivity contribution in [1.29, 1.82) is 0 Å². The third-order valence-corrected chi connectivity index (χ3v) is 4.46. The predicted molar refractivity (Wildman–Crippen MR) is 91.5 cm³/mol. The van der Waals surface area contributed by atoms with Gasteiger partial charge in [0.25, 0.3) is 0 Å². The van der Waals surface area contributed by atoms with E-state index in [0.717, 1.165) is 16.7 Å². The lowest BCUT2D eigenvalue weighted by molar-refractivity contribution is -0.122. The Morgan fingerprint density at radius 2 is 2.00 bits per heavy atom. The Hall–Kier alpha value is -2.69. The van der Waals surface area contributed by atoms with Gasteiger partial charge in [0.1, 0.15) is 18.2 Å². The molecule has 130 valence electrons. The van der Waals surface area contributed by atoms with Crippen LogP contribution < -0.4 is 0 Å². The predicted octanol–water partition coefficient (Wildman–Crippen LogP) is 4.18. The Morgan fingerprint density at radius 3 is 2.72 bits per heavy atom. The van der Waals surface area contributed by atoms with Crippen LogP contribution in [-0.4, -0.2) is 23.3 Å². The first kappa shape index (κ1) is 17.1. The Morgan fingerprint density at radius 1 is 1.24 bits per heavy atom. The monoisotopic (exact) mass is 341 g/mol. The Labute approximate surface area is 146 Å². The third kappa shape index (κ3) is 4.05. The molecule has 0 N–H and O–H groups in total. The van der Waals surface area contributed by atoms with Crippen molar-refractivity contribution in [3.8, 4) is 0 Å². The molecule has 0 saturated carbocycles. The first-order valence-electron chi connectivity index (χ1n) is 8.29. The normalized spacial score (nSPS) is 17.4. The van der Waals surface area contributed by atoms with Crippen LogP contribution in [0.1, 0.15) is 35.6 Å². The van der Waals surface area contributed by atoms with Gasteiger partial charge in [0, 0.05) is 19.4 Å². The number of benzene rings is 2. The number of aryl methyl sites for hydroxylation is 1. The van der Waals surface area contributed by atoms with Gasteiger partial charge in [0.15, 0.2) is 0 Å². The number of likely N-dealkylation sites (tertiary alicyclic amines) is 1. The zero-order valence-corrected chi connectivity index (χ0v) is 14.1. The molecule has 1 aliphatic heterocycles. The second-order valence-electron chi connectivity index (χ2n) is 6.24. The summed E-state index contributed by atoms with van der Waals surface area (Å²) in [7, 11) is 0. The highest BCUT2D eigenvalue weighted by Crippen LogP contribution is 2.32. The Balaban J connectivity index is 1.77. The number of carbonyl (C=O) groups is 2. The van der Waals surface area contributed by atoms with Crippen molar-refractivity contribution in [3.05, 3.63) is 71.0 Å². The molecule has 2 aromatic carbocycles. The van der Waals surface area contributed by atoms with E-state index in [4.69, 9.17) is 4.74 Å². The standard InChI is InChI=1S/C20H20FNO3/c1-14-11-16(21)7-8-18(14)19-12-17(23)9-10-22(19)20(24)25-13-15-5-3-2-4-6-15/h2-8,11,19H,9-10,12-13H2,1H3/t19-/m0/s1. The third-order valence-electron chi connectivity index (χ3n) is 4.46. The van der Waals surface area contributed by atoms with Crippen LogP contribution in [0.3, 0.4) is 0 Å². The molecule has 1 amide bonds. The molecular weight excluding hydrogens is 321 g/mol. The summed E-state index contributed by atoms with van der Waals surface area (Å²) in [6.07, 6.45) is 0.0921. The highest BCUT2D eigenvalue weighted by atomic mass is 19.1. The molecule has 0 aliphatic carbocycles. The molecule has 5 heteroatoms. The highest BCUT2D eigenvalue weighted by Gasteiger charge is 2.33. The molecule has 1 atom stereocenters. The van der Waals surface area contributed by atoms with Crippen LogP contribution in [0.2, 0.25) is 0 Å². The lowest BCUT2D eigenvalue weighted by atomic mass is 9.92. The molecule has 1 saturated heterocycles. The lowest BCUT2D eigenvalue weighted by Crippen LogP contribution is -2.41. The maximum Gasteiger partial charge on any atom is 0.410 e. The van der Waals surface area contributed by atoms with Gasteiger partial charge in [-0.1, -0.05) is 36.4 Å². The first-order chi connectivity index (χ1) is 12.0. The van der Waals surface area contributed by atoms with Crippen molar-refractivity contribution in [3.63, 3.8) is 0 Å². The fourth-order valence-corrected chi connectivity index (χ4v) is 3.14. The van der Waals surface area contributed by atoms with E-state index in [-0.39, 0.29) is 24.6 Å². The van der Waals surface area contributed by atoms with Crippen LogP contribution in [0.4, 0.5) is 9.18 Å². The van der Waals surface area contributed by atoms with Gasteiger partial charge in [0.2, 0.25) is 0 Å². The number of halogens is 1. The van der Waals surface area contributed by atoms with Gasteiger partial charge in [-0.2, -0.15) is 0 Å². The Kier molecular flexibility index (Phi) is 5.12. The molecule has 4 nitrogen and oxygen atoms in total. The van der Waals surface area contributed by atoms with Gasteiger partial charge < -0.3 is 9.64 Å². The number of nitrogens with zero attached hydrogens (tertiary/aromatic N) is 1. The van der Waals surface area contributed by atoms with Crippen molar-refractivity contribution in [2.75, 3.05) is 6.54 Å². The lowest BCUT2D eigenvalue weighted by Gasteiger charge is -2.35. The van der Waals surface area contributed by atoms with E-state index in [1.165, 1.54) is 12.1 Å². The van der Waals surface area contributed by atoms with E-state index in [9.17, 15) is 14.0 Å². The number of ether oxygens (including phenoxy) is 1. The van der Waals surface area contributed by atoms with E-state index < -0.39 is 12.1 Å². The average Bonchev–Trinajstić information content (AvgIpc) is 2.60. The Bertz CT molecular complexity index is 776. The summed E-state index contributed by atoms with van der Waals surface area (Å²) in [4.78, 5) is 26.1. The van der Waals surface area contributed by atoms with E-state index >= 15 is 0 Å². The van der Waals surface area contributed by atoms with Gasteiger partial charge in [0.05, 0.1) is 6.04 Å². The number of carbonyl (C=O) groups excluding carboxylic acids is 2. The van der Waals surface area contributed by atoms with Crippen LogP contribution >= 0.6 is 0 Å². The molecular formula is C20H20FNO3. The molecule has 0 bridgehead atoms. The number of amides is 1. The number of rotatable bonds is 3. The quantitative estimate of drug-likeness (QED) is 0.841. The van der Waals surface area contributed by atoms with E-state index in [1.807, 2.05) is 30.3 Å². The molecule has 0 aromatic heterocycles. The molecule has 0 spiro atoms. The maximum atomic E-state index is 13.4. The summed E-state index contributed by atoms with van der Waals surface area (Å²) >= 11 is 0. The van der Waals surface area contributed by atoms with E-state index in [0.29, 0.717) is 13.0 Å². The van der Waals surface area contributed by atoms with Crippen molar-refractivity contribution >= 4 is 11.9 Å². The molecule has 1 heterocycles. The molecule has 1 aliphatic rings. The second-order valence-corrected chi connectivity index (χ2v) is 6.24. The number of piperidine rings is 1. The van der Waals surface area contributed by atoms with Crippen LogP contribution in [0.5, 0.6) is 0 Å². The van der Waals surface area contributed by atoms with Crippen LogP contribution in [0, 0.1) is 12.7 Å². The van der Waals surface area contributed by atoms with Crippen molar-refractivity contribution in [2.45, 2.75) is 32.4 Å². The molecule has 3 rings (SSSR count). The first-order valence-corrected chi connectivity index (χ1v) is 8.29. The minimum Gasteiger partial charge on any atom is -0.445 e. The smallest absolute Gasteiger partial charge is 0.410 e. The summed E-state index contributed by atoms with van der Waals surface area (Å²) in [5.74, 6) is -0.234. The van der Waals surface area contributed by atoms with Gasteiger partial charge in [-0.25, -0.2) is 9.18 Å². The number of hydrogen-bond donors (Lipinski definition) is 0. The van der Waals surface area contributed by atoms with E-state index in [1.54, 1.807) is 17.9 Å². The maximum absolute atomic E-state index is 13.4. The molecule has 1 fully saturated rings. The summed E-state index contributed by atoms with van der Waals surface area (Å²) in [6, 6.07) is 13.4. The van der Waals surface area contributed by atoms with Crippen molar-refractivity contribution in [1.82, 2.24) is 4.90 Å². The average molecular weight is 341 g/mol. The number of ketones is 1. The summed E-state index contributed by atoms with van der Waals surface area (Å²) < 4.78 is 18.8. The van der Waals surface area contributed by atoms with Crippen LogP contribution in [0.25, 0.3) is 0 Å². The molecule has 25 heavy (non-hydrogen) atoms. The second kappa shape index (κ2) is 7.47. The minimum absolute atomic E-state index is 0.0980. The minimum atomic E-state index is -0.454. The van der Waals surface area contributed by atoms with E-state index in [2.05, 4.69) is 0 Å².